The van der Waals surface area contributed by atoms with E-state index in [2.05, 4.69) is 25.8 Å². The summed E-state index contributed by atoms with van der Waals surface area (Å²) >= 11 is 6.15. The van der Waals surface area contributed by atoms with Crippen molar-refractivity contribution < 1.29 is 9.84 Å². The summed E-state index contributed by atoms with van der Waals surface area (Å²) in [5.41, 5.74) is 3.00. The van der Waals surface area contributed by atoms with E-state index in [9.17, 15) is 5.11 Å². The number of aliphatic hydroxyl groups is 1. The number of β-amino-alcohol motifs (C(OH)–C–C–N with tert-alkyl or cyclic N) is 1. The van der Waals surface area contributed by atoms with Crippen molar-refractivity contribution in [1.29, 1.82) is 0 Å². The first-order chi connectivity index (χ1) is 12.7. The lowest BCUT2D eigenvalue weighted by Crippen LogP contribution is -2.38. The molecule has 7 heteroatoms. The van der Waals surface area contributed by atoms with E-state index in [1.165, 1.54) is 0 Å². The van der Waals surface area contributed by atoms with Crippen molar-refractivity contribution in [2.75, 3.05) is 49.2 Å². The molecule has 0 bridgehead atoms. The lowest BCUT2D eigenvalue weighted by atomic mass is 10.0. The van der Waals surface area contributed by atoms with Crippen molar-refractivity contribution in [3.8, 4) is 11.1 Å². The third kappa shape index (κ3) is 3.77. The van der Waals surface area contributed by atoms with Crippen LogP contribution in [0.4, 0.5) is 11.5 Å². The molecule has 0 aromatic carbocycles. The Balaban J connectivity index is 1.62. The molecule has 1 atom stereocenters. The molecular formula is C19H23ClN4O2. The first kappa shape index (κ1) is 17.5. The van der Waals surface area contributed by atoms with E-state index in [1.807, 2.05) is 18.3 Å². The lowest BCUT2D eigenvalue weighted by molar-refractivity contribution is 0.122. The molecule has 2 aliphatic rings. The maximum Gasteiger partial charge on any atom is 0.131 e. The highest BCUT2D eigenvalue weighted by Crippen LogP contribution is 2.34. The van der Waals surface area contributed by atoms with E-state index in [4.69, 9.17) is 16.3 Å². The van der Waals surface area contributed by atoms with Gasteiger partial charge in [-0.15, -0.1) is 0 Å². The van der Waals surface area contributed by atoms with Crippen LogP contribution in [0, 0.1) is 0 Å². The van der Waals surface area contributed by atoms with Gasteiger partial charge in [0.2, 0.25) is 0 Å². The van der Waals surface area contributed by atoms with Gasteiger partial charge in [0.15, 0.2) is 0 Å². The van der Waals surface area contributed by atoms with Gasteiger partial charge in [-0.05, 0) is 31.0 Å². The van der Waals surface area contributed by atoms with Crippen molar-refractivity contribution in [3.63, 3.8) is 0 Å². The van der Waals surface area contributed by atoms with Crippen LogP contribution >= 0.6 is 11.6 Å². The Morgan fingerprint density at radius 1 is 1.08 bits per heavy atom. The molecule has 26 heavy (non-hydrogen) atoms. The average Bonchev–Trinajstić information content (AvgIpc) is 2.69. The zero-order valence-corrected chi connectivity index (χ0v) is 15.4. The number of hydrogen-bond donors (Lipinski definition) is 1. The number of hydrogen-bond acceptors (Lipinski definition) is 6. The summed E-state index contributed by atoms with van der Waals surface area (Å²) in [6, 6.07) is 6.00. The minimum absolute atomic E-state index is 0.301. The second kappa shape index (κ2) is 7.78. The molecule has 4 heterocycles. The number of halogens is 1. The molecule has 0 radical (unpaired) electrons. The van der Waals surface area contributed by atoms with E-state index in [0.717, 1.165) is 68.3 Å². The average molecular weight is 375 g/mol. The van der Waals surface area contributed by atoms with Crippen molar-refractivity contribution in [3.05, 3.63) is 35.7 Å². The minimum atomic E-state index is -0.301. The molecule has 0 unspecified atom stereocenters. The quantitative estimate of drug-likeness (QED) is 0.833. The van der Waals surface area contributed by atoms with Gasteiger partial charge in [-0.25, -0.2) is 9.97 Å². The molecule has 0 spiro atoms. The van der Waals surface area contributed by atoms with Gasteiger partial charge in [0.25, 0.3) is 0 Å². The summed E-state index contributed by atoms with van der Waals surface area (Å²) in [4.78, 5) is 13.3. The molecule has 2 aromatic heterocycles. The van der Waals surface area contributed by atoms with Crippen LogP contribution in [0.5, 0.6) is 0 Å². The van der Waals surface area contributed by atoms with Gasteiger partial charge in [0.1, 0.15) is 11.0 Å². The number of aliphatic hydroxyl groups excluding tert-OH is 1. The second-order valence-electron chi connectivity index (χ2n) is 6.77. The van der Waals surface area contributed by atoms with E-state index in [-0.39, 0.29) is 6.10 Å². The molecule has 4 rings (SSSR count). The predicted molar refractivity (Wildman–Crippen MR) is 103 cm³/mol. The highest BCUT2D eigenvalue weighted by molar-refractivity contribution is 6.29. The summed E-state index contributed by atoms with van der Waals surface area (Å²) in [6.07, 6.45) is 5.20. The Morgan fingerprint density at radius 3 is 2.65 bits per heavy atom. The molecule has 2 aromatic rings. The van der Waals surface area contributed by atoms with Gasteiger partial charge in [0.05, 0.1) is 19.3 Å². The Bertz CT molecular complexity index is 750. The van der Waals surface area contributed by atoms with Crippen molar-refractivity contribution in [2.45, 2.75) is 18.9 Å². The largest absolute Gasteiger partial charge is 0.391 e. The maximum atomic E-state index is 10.0. The van der Waals surface area contributed by atoms with Crippen LogP contribution in [0.1, 0.15) is 12.8 Å². The molecule has 2 aliphatic heterocycles. The monoisotopic (exact) mass is 374 g/mol. The topological polar surface area (TPSA) is 61.7 Å². The highest BCUT2D eigenvalue weighted by atomic mass is 35.5. The second-order valence-corrected chi connectivity index (χ2v) is 7.16. The molecule has 0 amide bonds. The molecule has 1 N–H and O–H groups in total. The third-order valence-electron chi connectivity index (χ3n) is 4.98. The highest BCUT2D eigenvalue weighted by Gasteiger charge is 2.21. The molecule has 6 nitrogen and oxygen atoms in total. The van der Waals surface area contributed by atoms with Gasteiger partial charge < -0.3 is 19.6 Å². The number of pyridine rings is 2. The lowest BCUT2D eigenvalue weighted by Gasteiger charge is -2.33. The normalized spacial score (nSPS) is 21.1. The van der Waals surface area contributed by atoms with Gasteiger partial charge in [-0.3, -0.25) is 0 Å². The molecule has 138 valence electrons. The van der Waals surface area contributed by atoms with Gasteiger partial charge in [-0.1, -0.05) is 11.6 Å². The molecule has 2 fully saturated rings. The number of rotatable bonds is 3. The van der Waals surface area contributed by atoms with E-state index < -0.39 is 0 Å². The summed E-state index contributed by atoms with van der Waals surface area (Å²) in [5, 5.41) is 10.5. The smallest absolute Gasteiger partial charge is 0.131 e. The predicted octanol–water partition coefficient (Wildman–Crippen LogP) is 2.59. The van der Waals surface area contributed by atoms with Crippen LogP contribution in [-0.4, -0.2) is 60.6 Å². The number of piperidine rings is 1. The fourth-order valence-electron chi connectivity index (χ4n) is 3.60. The SMILES string of the molecule is O[C@H]1CCCN(c2cc(Cl)ncc2-c2ccc(N3CCOCC3)nc2)C1. The van der Waals surface area contributed by atoms with Crippen LogP contribution in [0.15, 0.2) is 30.6 Å². The van der Waals surface area contributed by atoms with E-state index >= 15 is 0 Å². The van der Waals surface area contributed by atoms with E-state index in [0.29, 0.717) is 11.7 Å². The summed E-state index contributed by atoms with van der Waals surface area (Å²) in [5.74, 6) is 0.967. The number of anilines is 2. The Morgan fingerprint density at radius 2 is 1.92 bits per heavy atom. The Hall–Kier alpha value is -1.89. The van der Waals surface area contributed by atoms with E-state index in [1.54, 1.807) is 6.20 Å². The summed E-state index contributed by atoms with van der Waals surface area (Å²) in [6.45, 7) is 4.74. The summed E-state index contributed by atoms with van der Waals surface area (Å²) in [7, 11) is 0. The van der Waals surface area contributed by atoms with Crippen LogP contribution < -0.4 is 9.80 Å². The number of nitrogens with zero attached hydrogens (tertiary/aromatic N) is 4. The fraction of sp³-hybridized carbons (Fsp3) is 0.474. The molecular weight excluding hydrogens is 352 g/mol. The van der Waals surface area contributed by atoms with Crippen LogP contribution in [0.2, 0.25) is 5.15 Å². The summed E-state index contributed by atoms with van der Waals surface area (Å²) < 4.78 is 5.40. The van der Waals surface area contributed by atoms with Crippen molar-refractivity contribution >= 4 is 23.1 Å². The third-order valence-corrected chi connectivity index (χ3v) is 5.19. The minimum Gasteiger partial charge on any atom is -0.391 e. The number of ether oxygens (including phenoxy) is 1. The molecule has 0 saturated carbocycles. The van der Waals surface area contributed by atoms with Gasteiger partial charge in [-0.2, -0.15) is 0 Å². The van der Waals surface area contributed by atoms with Gasteiger partial charge in [0, 0.05) is 55.4 Å². The van der Waals surface area contributed by atoms with Crippen LogP contribution in [0.25, 0.3) is 11.1 Å². The van der Waals surface area contributed by atoms with Crippen molar-refractivity contribution in [2.24, 2.45) is 0 Å². The fourth-order valence-corrected chi connectivity index (χ4v) is 3.75. The number of aromatic nitrogens is 2. The Kier molecular flexibility index (Phi) is 5.24. The van der Waals surface area contributed by atoms with Crippen LogP contribution in [-0.2, 0) is 4.74 Å². The molecule has 0 aliphatic carbocycles. The van der Waals surface area contributed by atoms with Gasteiger partial charge >= 0.3 is 0 Å². The maximum absolute atomic E-state index is 10.0. The Labute approximate surface area is 158 Å². The standard InChI is InChI=1S/C19H23ClN4O2/c20-18-10-17(24-5-1-2-15(25)13-24)16(12-21-18)14-3-4-19(22-11-14)23-6-8-26-9-7-23/h3-4,10-12,15,25H,1-2,5-9,13H2/t15-/m0/s1. The zero-order chi connectivity index (χ0) is 17.9. The first-order valence-corrected chi connectivity index (χ1v) is 9.46. The number of morpholine rings is 1. The molecule has 2 saturated heterocycles. The van der Waals surface area contributed by atoms with Crippen molar-refractivity contribution in [1.82, 2.24) is 9.97 Å². The zero-order valence-electron chi connectivity index (χ0n) is 14.6. The van der Waals surface area contributed by atoms with Crippen LogP contribution in [0.3, 0.4) is 0 Å². The first-order valence-electron chi connectivity index (χ1n) is 9.08.